The Labute approximate surface area is 62.7 Å². The topological polar surface area (TPSA) is 27.8 Å². The zero-order valence-corrected chi connectivity index (χ0v) is 7.15. The molecule has 1 rings (SSSR count). The normalized spacial score (nSPS) is 8.00. The van der Waals surface area contributed by atoms with Gasteiger partial charge in [0.1, 0.15) is 5.82 Å². The number of anilines is 1. The summed E-state index contributed by atoms with van der Waals surface area (Å²) in [6.07, 6.45) is 1.92. The summed E-state index contributed by atoms with van der Waals surface area (Å²) in [5.74, 6) is 1.10. The number of aryl methyl sites for hydroxylation is 1. The summed E-state index contributed by atoms with van der Waals surface area (Å²) in [5, 5.41) is 3.02. The molecule has 0 aliphatic rings. The van der Waals surface area contributed by atoms with Crippen molar-refractivity contribution in [2.45, 2.75) is 20.8 Å². The molecule has 0 saturated carbocycles. The van der Waals surface area contributed by atoms with Gasteiger partial charge in [-0.2, -0.15) is 0 Å². The largest absolute Gasteiger partial charge is 0.374 e. The maximum atomic E-state index is 3.04. The number of rotatable bonds is 1. The molecule has 0 saturated heterocycles. The quantitative estimate of drug-likeness (QED) is 0.616. The molecular formula is C8H16N2. The molecule has 0 fully saturated rings. The highest BCUT2D eigenvalue weighted by Gasteiger charge is 1.90. The van der Waals surface area contributed by atoms with Crippen LogP contribution >= 0.6 is 0 Å². The zero-order valence-electron chi connectivity index (χ0n) is 7.15. The Kier molecular flexibility index (Phi) is 4.46. The van der Waals surface area contributed by atoms with Crippen molar-refractivity contribution in [2.75, 3.05) is 12.4 Å². The average molecular weight is 140 g/mol. The van der Waals surface area contributed by atoms with Crippen LogP contribution in [-0.2, 0) is 0 Å². The molecule has 0 spiro atoms. The molecule has 1 aromatic rings. The van der Waals surface area contributed by atoms with Crippen LogP contribution in [0.15, 0.2) is 12.3 Å². The van der Waals surface area contributed by atoms with Crippen LogP contribution in [0.4, 0.5) is 5.82 Å². The second-order valence-electron chi connectivity index (χ2n) is 1.79. The first-order chi connectivity index (χ1) is 4.84. The molecule has 10 heavy (non-hydrogen) atoms. The van der Waals surface area contributed by atoms with Gasteiger partial charge in [-0.05, 0) is 18.6 Å². The minimum atomic E-state index is 1.10. The third-order valence-corrected chi connectivity index (χ3v) is 1.21. The molecule has 0 aliphatic heterocycles. The number of aromatic nitrogens is 1. The van der Waals surface area contributed by atoms with E-state index in [1.807, 2.05) is 33.2 Å². The van der Waals surface area contributed by atoms with E-state index in [0.29, 0.717) is 0 Å². The predicted molar refractivity (Wildman–Crippen MR) is 46.4 cm³/mol. The molecule has 0 aromatic carbocycles. The van der Waals surface area contributed by atoms with Gasteiger partial charge < -0.3 is 10.3 Å². The second kappa shape index (κ2) is 4.91. The fraction of sp³-hybridized carbons (Fsp3) is 0.500. The van der Waals surface area contributed by atoms with Gasteiger partial charge in [0.25, 0.3) is 0 Å². The Morgan fingerprint density at radius 3 is 2.20 bits per heavy atom. The van der Waals surface area contributed by atoms with Crippen molar-refractivity contribution in [3.8, 4) is 0 Å². The lowest BCUT2D eigenvalue weighted by atomic mass is 10.4. The van der Waals surface area contributed by atoms with Crippen molar-refractivity contribution >= 4 is 5.82 Å². The van der Waals surface area contributed by atoms with Gasteiger partial charge in [-0.25, -0.2) is 0 Å². The molecule has 0 radical (unpaired) electrons. The van der Waals surface area contributed by atoms with Crippen LogP contribution in [0, 0.1) is 6.92 Å². The van der Waals surface area contributed by atoms with Crippen LogP contribution in [0.3, 0.4) is 0 Å². The number of H-pyrrole nitrogens is 1. The van der Waals surface area contributed by atoms with E-state index in [-0.39, 0.29) is 0 Å². The van der Waals surface area contributed by atoms with Gasteiger partial charge >= 0.3 is 0 Å². The van der Waals surface area contributed by atoms with Crippen molar-refractivity contribution in [1.82, 2.24) is 4.98 Å². The third-order valence-electron chi connectivity index (χ3n) is 1.21. The summed E-state index contributed by atoms with van der Waals surface area (Å²) in [5.41, 5.74) is 1.26. The Balaban J connectivity index is 0.000000371. The van der Waals surface area contributed by atoms with Crippen LogP contribution in [0.25, 0.3) is 0 Å². The third kappa shape index (κ3) is 2.13. The van der Waals surface area contributed by atoms with E-state index in [0.717, 1.165) is 5.82 Å². The number of aromatic amines is 1. The molecule has 0 unspecified atom stereocenters. The van der Waals surface area contributed by atoms with Crippen molar-refractivity contribution < 1.29 is 0 Å². The summed E-state index contributed by atoms with van der Waals surface area (Å²) < 4.78 is 0. The average Bonchev–Trinajstić information content (AvgIpc) is 2.39. The van der Waals surface area contributed by atoms with Crippen LogP contribution < -0.4 is 5.32 Å². The van der Waals surface area contributed by atoms with Crippen molar-refractivity contribution in [3.05, 3.63) is 17.8 Å². The van der Waals surface area contributed by atoms with Gasteiger partial charge in [0.05, 0.1) is 0 Å². The van der Waals surface area contributed by atoms with Gasteiger partial charge in [-0.1, -0.05) is 13.8 Å². The summed E-state index contributed by atoms with van der Waals surface area (Å²) in [6, 6.07) is 2.03. The van der Waals surface area contributed by atoms with Gasteiger partial charge in [-0.15, -0.1) is 0 Å². The zero-order chi connectivity index (χ0) is 7.98. The summed E-state index contributed by atoms with van der Waals surface area (Å²) in [4.78, 5) is 3.04. The predicted octanol–water partition coefficient (Wildman–Crippen LogP) is 2.39. The Bertz CT molecular complexity index is 168. The minimum Gasteiger partial charge on any atom is -0.374 e. The summed E-state index contributed by atoms with van der Waals surface area (Å²) in [6.45, 7) is 6.06. The van der Waals surface area contributed by atoms with Gasteiger partial charge in [0.2, 0.25) is 0 Å². The molecule has 2 N–H and O–H groups in total. The Hall–Kier alpha value is -0.920. The fourth-order valence-electron chi connectivity index (χ4n) is 0.717. The molecule has 0 bridgehead atoms. The Morgan fingerprint density at radius 2 is 2.00 bits per heavy atom. The summed E-state index contributed by atoms with van der Waals surface area (Å²) in [7, 11) is 1.90. The molecule has 2 nitrogen and oxygen atoms in total. The van der Waals surface area contributed by atoms with Crippen LogP contribution in [0.1, 0.15) is 19.4 Å². The maximum absolute atomic E-state index is 3.04. The molecular weight excluding hydrogens is 124 g/mol. The van der Waals surface area contributed by atoms with Gasteiger partial charge in [-0.3, -0.25) is 0 Å². The van der Waals surface area contributed by atoms with E-state index in [1.54, 1.807) is 0 Å². The van der Waals surface area contributed by atoms with Gasteiger partial charge in [0.15, 0.2) is 0 Å². The molecule has 58 valence electrons. The van der Waals surface area contributed by atoms with E-state index in [4.69, 9.17) is 0 Å². The smallest absolute Gasteiger partial charge is 0.105 e. The molecule has 0 atom stereocenters. The lowest BCUT2D eigenvalue weighted by Gasteiger charge is -1.93. The van der Waals surface area contributed by atoms with Gasteiger partial charge in [0, 0.05) is 13.2 Å². The molecule has 2 heteroatoms. The lowest BCUT2D eigenvalue weighted by Crippen LogP contribution is -1.88. The SMILES string of the molecule is CC.CNc1[nH]ccc1C. The fourth-order valence-corrected chi connectivity index (χ4v) is 0.717. The second-order valence-corrected chi connectivity index (χ2v) is 1.79. The van der Waals surface area contributed by atoms with Crippen molar-refractivity contribution in [3.63, 3.8) is 0 Å². The van der Waals surface area contributed by atoms with Crippen LogP contribution in [-0.4, -0.2) is 12.0 Å². The first-order valence-electron chi connectivity index (χ1n) is 3.66. The van der Waals surface area contributed by atoms with E-state index >= 15 is 0 Å². The highest BCUT2D eigenvalue weighted by molar-refractivity contribution is 5.42. The number of hydrogen-bond acceptors (Lipinski definition) is 1. The van der Waals surface area contributed by atoms with Crippen molar-refractivity contribution in [1.29, 1.82) is 0 Å². The van der Waals surface area contributed by atoms with Crippen molar-refractivity contribution in [2.24, 2.45) is 0 Å². The highest BCUT2D eigenvalue weighted by Crippen LogP contribution is 2.07. The van der Waals surface area contributed by atoms with E-state index in [2.05, 4.69) is 17.2 Å². The minimum absolute atomic E-state index is 1.10. The van der Waals surface area contributed by atoms with Crippen LogP contribution in [0.2, 0.25) is 0 Å². The standard InChI is InChI=1S/C6H10N2.C2H6/c1-5-3-4-8-6(5)7-2;1-2/h3-4,7-8H,1-2H3;1-2H3. The maximum Gasteiger partial charge on any atom is 0.105 e. The Morgan fingerprint density at radius 1 is 1.40 bits per heavy atom. The molecule has 1 aromatic heterocycles. The molecule has 0 amide bonds. The van der Waals surface area contributed by atoms with E-state index < -0.39 is 0 Å². The number of hydrogen-bond donors (Lipinski definition) is 2. The highest BCUT2D eigenvalue weighted by atomic mass is 15.0. The lowest BCUT2D eigenvalue weighted by molar-refractivity contribution is 1.32. The molecule has 1 heterocycles. The first kappa shape index (κ1) is 9.08. The first-order valence-corrected chi connectivity index (χ1v) is 3.66. The van der Waals surface area contributed by atoms with Crippen LogP contribution in [0.5, 0.6) is 0 Å². The summed E-state index contributed by atoms with van der Waals surface area (Å²) >= 11 is 0. The molecule has 0 aliphatic carbocycles. The van der Waals surface area contributed by atoms with E-state index in [1.165, 1.54) is 5.56 Å². The monoisotopic (exact) mass is 140 g/mol. The number of nitrogens with one attached hydrogen (secondary N) is 2. The van der Waals surface area contributed by atoms with E-state index in [9.17, 15) is 0 Å².